The molecule has 1 saturated heterocycles. The van der Waals surface area contributed by atoms with E-state index in [4.69, 9.17) is 34.8 Å². The van der Waals surface area contributed by atoms with Crippen molar-refractivity contribution in [3.8, 4) is 28.4 Å². The number of piperidine rings is 1. The molecule has 28 heteroatoms. The molecule has 0 bridgehead atoms. The first-order chi connectivity index (χ1) is 36.4. The molecule has 77 heavy (non-hydrogen) atoms. The number of allylic oxidation sites excluding steroid dienone is 2. The van der Waals surface area contributed by atoms with Crippen LogP contribution in [0.1, 0.15) is 61.5 Å². The standard InChI is InChI=1S/C49H43F9N8O11/c50-47(51,52)28-18-27(19-29(20-28)48(53,54)55)41-37(10-8-32(43(41)69)34(59)21-38(60)49(56,57)58)76-23-26-4-6-30(7-5-26)61-40(68)25-75-17-16-74-15-14-73-13-12-65-22-31(63-64-65)24-77-36-3-1-2-33-42(36)46(72)66(45(33)71)35-9-11-39(67)62-44(35)70/h1-8,10,18-22,35,59,69H,9,11-17,23-25,60H2,(H,61,68)(H,62,67,70). The first-order valence-electron chi connectivity index (χ1n) is 22.8. The van der Waals surface area contributed by atoms with E-state index in [1.165, 1.54) is 47.1 Å². The van der Waals surface area contributed by atoms with Gasteiger partial charge in [-0.25, -0.2) is 4.68 Å². The SMILES string of the molecule is N=C(C=C(N)C(F)(F)F)c1ccc(OCc2ccc(NC(=O)COCCOCCOCCn3cc(COc4cccc5c4C(=O)N(C4CCC(=O)NC4=O)C5=O)nn3)cc2)c(-c2cc(C(F)(F)F)cc(C(F)(F)F)c2)c1O. The number of phenolic OH excluding ortho intramolecular Hbond substituents is 1. The number of halogens is 9. The van der Waals surface area contributed by atoms with Gasteiger partial charge in [0.15, 0.2) is 0 Å². The molecule has 1 atom stereocenters. The summed E-state index contributed by atoms with van der Waals surface area (Å²) in [6.45, 7) is 0.191. The topological polar surface area (TPSA) is 260 Å². The zero-order valence-corrected chi connectivity index (χ0v) is 39.7. The molecule has 6 N–H and O–H groups in total. The van der Waals surface area contributed by atoms with Crippen LogP contribution in [0, 0.1) is 5.41 Å². The average molecular weight is 1090 g/mol. The van der Waals surface area contributed by atoms with Gasteiger partial charge >= 0.3 is 18.5 Å². The van der Waals surface area contributed by atoms with Gasteiger partial charge in [0.25, 0.3) is 11.8 Å². The van der Waals surface area contributed by atoms with Gasteiger partial charge in [0.05, 0.1) is 79.3 Å². The number of imide groups is 2. The quantitative estimate of drug-likeness (QED) is 0.0209. The number of aromatic hydroxyl groups is 1. The Bertz CT molecular complexity index is 3060. The Hall–Kier alpha value is -8.37. The number of fused-ring (bicyclic) bond motifs is 1. The maximum absolute atomic E-state index is 13.8. The summed E-state index contributed by atoms with van der Waals surface area (Å²) >= 11 is 0. The van der Waals surface area contributed by atoms with Gasteiger partial charge in [0.2, 0.25) is 17.7 Å². The Balaban J connectivity index is 0.818. The Morgan fingerprint density at radius 3 is 2.09 bits per heavy atom. The summed E-state index contributed by atoms with van der Waals surface area (Å²) in [5.74, 6) is -4.72. The summed E-state index contributed by atoms with van der Waals surface area (Å²) < 4.78 is 152. The molecule has 2 aliphatic heterocycles. The number of carbonyl (C=O) groups excluding carboxylic acids is 5. The minimum atomic E-state index is -5.31. The van der Waals surface area contributed by atoms with E-state index in [1.807, 2.05) is 0 Å². The van der Waals surface area contributed by atoms with Crippen molar-refractivity contribution in [2.24, 2.45) is 5.73 Å². The third-order valence-corrected chi connectivity index (χ3v) is 11.4. The average Bonchev–Trinajstić information content (AvgIpc) is 3.94. The Morgan fingerprint density at radius 2 is 1.44 bits per heavy atom. The van der Waals surface area contributed by atoms with Crippen LogP contribution in [0.5, 0.6) is 17.2 Å². The number of nitrogens with one attached hydrogen (secondary N) is 3. The number of rotatable bonds is 22. The third kappa shape index (κ3) is 14.1. The molecule has 7 rings (SSSR count). The molecule has 1 aromatic heterocycles. The highest BCUT2D eigenvalue weighted by atomic mass is 19.4. The molecule has 0 aliphatic carbocycles. The summed E-state index contributed by atoms with van der Waals surface area (Å²) in [7, 11) is 0. The van der Waals surface area contributed by atoms with Crippen LogP contribution in [0.4, 0.5) is 45.2 Å². The minimum Gasteiger partial charge on any atom is -0.506 e. The van der Waals surface area contributed by atoms with Crippen molar-refractivity contribution in [1.29, 1.82) is 5.41 Å². The molecule has 0 saturated carbocycles. The van der Waals surface area contributed by atoms with E-state index in [9.17, 15) is 68.6 Å². The Labute approximate surface area is 429 Å². The van der Waals surface area contributed by atoms with Gasteiger partial charge < -0.3 is 45.3 Å². The van der Waals surface area contributed by atoms with Gasteiger partial charge in [0.1, 0.15) is 54.5 Å². The molecule has 1 fully saturated rings. The highest BCUT2D eigenvalue weighted by Crippen LogP contribution is 2.46. The van der Waals surface area contributed by atoms with Crippen LogP contribution in [0.25, 0.3) is 11.1 Å². The van der Waals surface area contributed by atoms with Crippen LogP contribution in [-0.4, -0.2) is 112 Å². The molecular formula is C49H43F9N8O11. The fourth-order valence-electron chi connectivity index (χ4n) is 7.68. The number of carbonyl (C=O) groups is 5. The second kappa shape index (κ2) is 23.7. The summed E-state index contributed by atoms with van der Waals surface area (Å²) in [5, 5.41) is 32.0. The van der Waals surface area contributed by atoms with Crippen molar-refractivity contribution >= 4 is 40.9 Å². The van der Waals surface area contributed by atoms with E-state index in [2.05, 4.69) is 20.9 Å². The second-order valence-corrected chi connectivity index (χ2v) is 16.8. The summed E-state index contributed by atoms with van der Waals surface area (Å²) in [6, 6.07) is 11.3. The predicted molar refractivity (Wildman–Crippen MR) is 248 cm³/mol. The number of nitrogens with two attached hydrogens (primary N) is 1. The molecule has 3 heterocycles. The molecule has 0 spiro atoms. The predicted octanol–water partition coefficient (Wildman–Crippen LogP) is 6.71. The van der Waals surface area contributed by atoms with Gasteiger partial charge in [-0.15, -0.1) is 5.10 Å². The summed E-state index contributed by atoms with van der Waals surface area (Å²) in [6.07, 6.45) is -14.0. The lowest BCUT2D eigenvalue weighted by molar-refractivity contribution is -0.143. The van der Waals surface area contributed by atoms with Crippen molar-refractivity contribution in [2.75, 3.05) is 45.0 Å². The number of hydrogen-bond donors (Lipinski definition) is 5. The minimum absolute atomic E-state index is 0.00232. The van der Waals surface area contributed by atoms with E-state index in [-0.39, 0.29) is 106 Å². The highest BCUT2D eigenvalue weighted by molar-refractivity contribution is 6.24. The van der Waals surface area contributed by atoms with E-state index in [0.29, 0.717) is 17.8 Å². The van der Waals surface area contributed by atoms with Crippen LogP contribution in [0.3, 0.4) is 0 Å². The van der Waals surface area contributed by atoms with Crippen molar-refractivity contribution in [3.05, 3.63) is 130 Å². The smallest absolute Gasteiger partial charge is 0.430 e. The van der Waals surface area contributed by atoms with Gasteiger partial charge in [-0.2, -0.15) is 39.5 Å². The van der Waals surface area contributed by atoms with Gasteiger partial charge in [-0.3, -0.25) is 34.2 Å². The number of hydrogen-bond acceptors (Lipinski definition) is 15. The number of ether oxygens (including phenoxy) is 5. The number of benzene rings is 4. The van der Waals surface area contributed by atoms with Crippen molar-refractivity contribution < 1.29 is 92.3 Å². The summed E-state index contributed by atoms with van der Waals surface area (Å²) in [5.41, 5.74) is -2.72. The summed E-state index contributed by atoms with van der Waals surface area (Å²) in [4.78, 5) is 63.7. The first-order valence-corrected chi connectivity index (χ1v) is 22.8. The normalized spacial score (nSPS) is 15.2. The van der Waals surface area contributed by atoms with E-state index < -0.39 is 111 Å². The van der Waals surface area contributed by atoms with Crippen LogP contribution in [0.2, 0.25) is 0 Å². The van der Waals surface area contributed by atoms with Gasteiger partial charge in [-0.05, 0) is 78.2 Å². The van der Waals surface area contributed by atoms with E-state index >= 15 is 0 Å². The lowest BCUT2D eigenvalue weighted by Crippen LogP contribution is -2.54. The highest BCUT2D eigenvalue weighted by Gasteiger charge is 2.46. The second-order valence-electron chi connectivity index (χ2n) is 16.8. The maximum Gasteiger partial charge on any atom is 0.430 e. The molecule has 1 unspecified atom stereocenters. The molecule has 408 valence electrons. The maximum atomic E-state index is 13.8. The van der Waals surface area contributed by atoms with Crippen LogP contribution in [-0.2, 0) is 60.7 Å². The largest absolute Gasteiger partial charge is 0.506 e. The molecule has 4 aromatic carbocycles. The number of phenols is 1. The van der Waals surface area contributed by atoms with Crippen LogP contribution < -0.4 is 25.8 Å². The number of anilines is 1. The Kier molecular flexibility index (Phi) is 17.3. The third-order valence-electron chi connectivity index (χ3n) is 11.4. The lowest BCUT2D eigenvalue weighted by atomic mass is 9.94. The van der Waals surface area contributed by atoms with Gasteiger partial charge in [0, 0.05) is 17.7 Å². The molecule has 19 nitrogen and oxygen atoms in total. The number of alkyl halides is 9. The molecule has 0 radical (unpaired) electrons. The van der Waals surface area contributed by atoms with Crippen molar-refractivity contribution in [1.82, 2.24) is 25.2 Å². The van der Waals surface area contributed by atoms with E-state index in [0.717, 1.165) is 17.0 Å². The lowest BCUT2D eigenvalue weighted by Gasteiger charge is -2.27. The monoisotopic (exact) mass is 1090 g/mol. The Morgan fingerprint density at radius 1 is 0.805 bits per heavy atom. The number of aromatic nitrogens is 3. The fourth-order valence-corrected chi connectivity index (χ4v) is 7.68. The molecule has 5 amide bonds. The van der Waals surface area contributed by atoms with Crippen molar-refractivity contribution in [3.63, 3.8) is 0 Å². The molecule has 2 aliphatic rings. The van der Waals surface area contributed by atoms with Gasteiger partial charge in [-0.1, -0.05) is 23.4 Å². The van der Waals surface area contributed by atoms with Crippen molar-refractivity contribution in [2.45, 2.75) is 57.2 Å². The van der Waals surface area contributed by atoms with E-state index in [1.54, 1.807) is 6.20 Å². The zero-order valence-electron chi connectivity index (χ0n) is 39.7. The molecule has 5 aromatic rings. The fraction of sp³-hybridized carbons (Fsp3) is 0.306. The van der Waals surface area contributed by atoms with Crippen LogP contribution >= 0.6 is 0 Å². The first kappa shape index (κ1) is 56.4. The zero-order chi connectivity index (χ0) is 55.8. The number of nitrogens with zero attached hydrogens (tertiary/aromatic N) is 4. The van der Waals surface area contributed by atoms with Crippen LogP contribution in [0.15, 0.2) is 90.8 Å². The molecular weight excluding hydrogens is 1050 g/mol. The number of amides is 5.